The summed E-state index contributed by atoms with van der Waals surface area (Å²) >= 11 is 0. The first-order valence-electron chi connectivity index (χ1n) is 9.39. The van der Waals surface area contributed by atoms with Crippen molar-refractivity contribution < 1.29 is 9.59 Å². The Labute approximate surface area is 161 Å². The molecular weight excluding hydrogens is 338 g/mol. The summed E-state index contributed by atoms with van der Waals surface area (Å²) in [4.78, 5) is 24.3. The van der Waals surface area contributed by atoms with E-state index in [9.17, 15) is 9.59 Å². The lowest BCUT2D eigenvalue weighted by Crippen LogP contribution is -2.32. The van der Waals surface area contributed by atoms with Crippen molar-refractivity contribution in [3.63, 3.8) is 0 Å². The van der Waals surface area contributed by atoms with Crippen molar-refractivity contribution in [3.05, 3.63) is 64.7 Å². The molecule has 144 valence electrons. The summed E-state index contributed by atoms with van der Waals surface area (Å²) in [6.45, 7) is 8.92. The normalized spacial score (nSPS) is 11.6. The van der Waals surface area contributed by atoms with Crippen LogP contribution in [0, 0.1) is 13.8 Å². The van der Waals surface area contributed by atoms with Crippen molar-refractivity contribution in [3.8, 4) is 0 Å². The highest BCUT2D eigenvalue weighted by Gasteiger charge is 2.11. The van der Waals surface area contributed by atoms with E-state index < -0.39 is 0 Å². The van der Waals surface area contributed by atoms with Gasteiger partial charge in [0.25, 0.3) is 5.91 Å². The number of rotatable bonds is 8. The maximum Gasteiger partial charge on any atom is 0.251 e. The van der Waals surface area contributed by atoms with Crippen molar-refractivity contribution in [2.75, 3.05) is 18.4 Å². The average Bonchev–Trinajstić information content (AvgIpc) is 2.66. The van der Waals surface area contributed by atoms with Gasteiger partial charge in [0.15, 0.2) is 0 Å². The fourth-order valence-corrected chi connectivity index (χ4v) is 2.70. The average molecular weight is 367 g/mol. The Morgan fingerprint density at radius 1 is 1.04 bits per heavy atom. The zero-order chi connectivity index (χ0) is 19.8. The Balaban J connectivity index is 1.89. The highest BCUT2D eigenvalue weighted by atomic mass is 16.2. The van der Waals surface area contributed by atoms with Crippen LogP contribution >= 0.6 is 0 Å². The van der Waals surface area contributed by atoms with Gasteiger partial charge in [-0.15, -0.1) is 0 Å². The van der Waals surface area contributed by atoms with E-state index in [0.29, 0.717) is 12.1 Å². The highest BCUT2D eigenvalue weighted by Crippen LogP contribution is 2.17. The lowest BCUT2D eigenvalue weighted by Gasteiger charge is -2.16. The maximum absolute atomic E-state index is 12.3. The Morgan fingerprint density at radius 3 is 2.52 bits per heavy atom. The van der Waals surface area contributed by atoms with Gasteiger partial charge in [0.1, 0.15) is 0 Å². The van der Waals surface area contributed by atoms with E-state index in [4.69, 9.17) is 0 Å². The van der Waals surface area contributed by atoms with Gasteiger partial charge in [0.05, 0.1) is 12.6 Å². The third-order valence-electron chi connectivity index (χ3n) is 4.52. The third-order valence-corrected chi connectivity index (χ3v) is 4.52. The van der Waals surface area contributed by atoms with Gasteiger partial charge < -0.3 is 16.0 Å². The molecule has 0 saturated carbocycles. The molecule has 0 bridgehead atoms. The summed E-state index contributed by atoms with van der Waals surface area (Å²) in [5.41, 5.74) is 4.86. The number of benzene rings is 2. The van der Waals surface area contributed by atoms with Gasteiger partial charge in [-0.05, 0) is 62.1 Å². The van der Waals surface area contributed by atoms with Crippen molar-refractivity contribution in [1.82, 2.24) is 10.6 Å². The molecular formula is C22H29N3O2. The van der Waals surface area contributed by atoms with Gasteiger partial charge in [-0.2, -0.15) is 0 Å². The molecule has 3 N–H and O–H groups in total. The number of aryl methyl sites for hydroxylation is 2. The molecule has 0 saturated heterocycles. The smallest absolute Gasteiger partial charge is 0.251 e. The van der Waals surface area contributed by atoms with Crippen molar-refractivity contribution in [1.29, 1.82) is 0 Å². The summed E-state index contributed by atoms with van der Waals surface area (Å²) in [5, 5.41) is 8.93. The standard InChI is InChI=1S/C22H29N3O2/c1-5-11-23-22(27)19-7-6-8-20(13-19)24-14-21(26)25-17(4)18-10-9-15(2)16(3)12-18/h6-10,12-13,17,24H,5,11,14H2,1-4H3,(H,23,27)(H,25,26). The molecule has 0 radical (unpaired) electrons. The SMILES string of the molecule is CCCNC(=O)c1cccc(NCC(=O)NC(C)c2ccc(C)c(C)c2)c1. The number of carbonyl (C=O) groups is 2. The molecule has 0 aliphatic heterocycles. The predicted molar refractivity (Wildman–Crippen MR) is 110 cm³/mol. The van der Waals surface area contributed by atoms with Gasteiger partial charge in [0.2, 0.25) is 5.91 Å². The Bertz CT molecular complexity index is 802. The first-order valence-corrected chi connectivity index (χ1v) is 9.39. The van der Waals surface area contributed by atoms with Gasteiger partial charge >= 0.3 is 0 Å². The zero-order valence-electron chi connectivity index (χ0n) is 16.6. The molecule has 0 fully saturated rings. The molecule has 0 aliphatic rings. The van der Waals surface area contributed by atoms with Gasteiger partial charge in [-0.25, -0.2) is 0 Å². The molecule has 0 heterocycles. The maximum atomic E-state index is 12.3. The summed E-state index contributed by atoms with van der Waals surface area (Å²) in [6.07, 6.45) is 0.891. The number of hydrogen-bond donors (Lipinski definition) is 3. The number of anilines is 1. The molecule has 1 unspecified atom stereocenters. The van der Waals surface area contributed by atoms with Crippen LogP contribution in [0.25, 0.3) is 0 Å². The minimum Gasteiger partial charge on any atom is -0.376 e. The van der Waals surface area contributed by atoms with E-state index in [2.05, 4.69) is 41.9 Å². The first-order chi connectivity index (χ1) is 12.9. The van der Waals surface area contributed by atoms with Crippen LogP contribution < -0.4 is 16.0 Å². The van der Waals surface area contributed by atoms with Crippen LogP contribution in [-0.2, 0) is 4.79 Å². The van der Waals surface area contributed by atoms with Gasteiger partial charge in [0, 0.05) is 17.8 Å². The van der Waals surface area contributed by atoms with E-state index in [-0.39, 0.29) is 24.4 Å². The van der Waals surface area contributed by atoms with Crippen molar-refractivity contribution >= 4 is 17.5 Å². The van der Waals surface area contributed by atoms with Crippen LogP contribution in [0.15, 0.2) is 42.5 Å². The zero-order valence-corrected chi connectivity index (χ0v) is 16.6. The Morgan fingerprint density at radius 2 is 1.81 bits per heavy atom. The van der Waals surface area contributed by atoms with Crippen LogP contribution in [-0.4, -0.2) is 24.9 Å². The summed E-state index contributed by atoms with van der Waals surface area (Å²) in [7, 11) is 0. The highest BCUT2D eigenvalue weighted by molar-refractivity contribution is 5.95. The summed E-state index contributed by atoms with van der Waals surface area (Å²) in [6, 6.07) is 13.3. The minimum absolute atomic E-state index is 0.0650. The second kappa shape index (κ2) is 9.76. The molecule has 5 heteroatoms. The van der Waals surface area contributed by atoms with E-state index in [1.54, 1.807) is 18.2 Å². The first kappa shape index (κ1) is 20.5. The van der Waals surface area contributed by atoms with Crippen LogP contribution in [0.1, 0.15) is 53.4 Å². The van der Waals surface area contributed by atoms with E-state index >= 15 is 0 Å². The number of amides is 2. The molecule has 2 rings (SSSR count). The van der Waals surface area contributed by atoms with Crippen LogP contribution in [0.2, 0.25) is 0 Å². The molecule has 1 atom stereocenters. The lowest BCUT2D eigenvalue weighted by atomic mass is 10.0. The molecule has 2 aromatic rings. The van der Waals surface area contributed by atoms with Crippen LogP contribution in [0.5, 0.6) is 0 Å². The van der Waals surface area contributed by atoms with Gasteiger partial charge in [-0.3, -0.25) is 9.59 Å². The van der Waals surface area contributed by atoms with E-state index in [0.717, 1.165) is 17.7 Å². The third kappa shape index (κ3) is 6.13. The van der Waals surface area contributed by atoms with Crippen molar-refractivity contribution in [2.24, 2.45) is 0 Å². The minimum atomic E-state index is -0.103. The number of hydrogen-bond acceptors (Lipinski definition) is 3. The molecule has 0 spiro atoms. The summed E-state index contributed by atoms with van der Waals surface area (Å²) < 4.78 is 0. The topological polar surface area (TPSA) is 70.2 Å². The van der Waals surface area contributed by atoms with Crippen LogP contribution in [0.4, 0.5) is 5.69 Å². The molecule has 27 heavy (non-hydrogen) atoms. The molecule has 0 aliphatic carbocycles. The Hall–Kier alpha value is -2.82. The summed E-state index contributed by atoms with van der Waals surface area (Å²) in [5.74, 6) is -0.199. The fourth-order valence-electron chi connectivity index (χ4n) is 2.70. The lowest BCUT2D eigenvalue weighted by molar-refractivity contribution is -0.120. The van der Waals surface area contributed by atoms with Crippen LogP contribution in [0.3, 0.4) is 0 Å². The number of nitrogens with one attached hydrogen (secondary N) is 3. The second-order valence-corrected chi connectivity index (χ2v) is 6.82. The Kier molecular flexibility index (Phi) is 7.41. The molecule has 5 nitrogen and oxygen atoms in total. The van der Waals surface area contributed by atoms with Gasteiger partial charge in [-0.1, -0.05) is 31.2 Å². The quantitative estimate of drug-likeness (QED) is 0.666. The monoisotopic (exact) mass is 367 g/mol. The van der Waals surface area contributed by atoms with E-state index in [1.165, 1.54) is 11.1 Å². The largest absolute Gasteiger partial charge is 0.376 e. The fraction of sp³-hybridized carbons (Fsp3) is 0.364. The van der Waals surface area contributed by atoms with Crippen molar-refractivity contribution in [2.45, 2.75) is 40.2 Å². The van der Waals surface area contributed by atoms with E-state index in [1.807, 2.05) is 26.0 Å². The molecule has 2 aromatic carbocycles. The second-order valence-electron chi connectivity index (χ2n) is 6.82. The molecule has 2 amide bonds. The number of carbonyl (C=O) groups excluding carboxylic acids is 2. The predicted octanol–water partition coefficient (Wildman–Crippen LogP) is 3.73. The molecule has 0 aromatic heterocycles.